The number of benzene rings is 2. The smallest absolute Gasteiger partial charge is 0.226 e. The van der Waals surface area contributed by atoms with Crippen LogP contribution in [0.15, 0.2) is 71.9 Å². The summed E-state index contributed by atoms with van der Waals surface area (Å²) in [5.41, 5.74) is 2.36. The number of ether oxygens (including phenoxy) is 1. The van der Waals surface area contributed by atoms with Crippen molar-refractivity contribution in [3.05, 3.63) is 83.1 Å². The second-order valence-electron chi connectivity index (χ2n) is 11.7. The van der Waals surface area contributed by atoms with Gasteiger partial charge in [0.2, 0.25) is 5.91 Å². The quantitative estimate of drug-likeness (QED) is 0.485. The van der Waals surface area contributed by atoms with E-state index in [-0.39, 0.29) is 17.7 Å². The summed E-state index contributed by atoms with van der Waals surface area (Å²) in [6.45, 7) is 7.27. The maximum absolute atomic E-state index is 13.8. The number of aromatic nitrogens is 1. The number of rotatable bonds is 7. The van der Waals surface area contributed by atoms with Gasteiger partial charge in [-0.3, -0.25) is 4.79 Å². The van der Waals surface area contributed by atoms with Gasteiger partial charge in [0.1, 0.15) is 17.9 Å². The normalized spacial score (nSPS) is 22.4. The number of amides is 1. The van der Waals surface area contributed by atoms with E-state index in [1.165, 1.54) is 5.56 Å². The maximum Gasteiger partial charge on any atom is 0.226 e. The van der Waals surface area contributed by atoms with Crippen molar-refractivity contribution < 1.29 is 14.6 Å². The number of carbonyl (C=O) groups excluding carboxylic acids is 1. The SMILES string of the molecule is CCN1CC[C@@H](C(=O)N2CCC(O)(CN3C=c4ccn(-c5ccc(OC)cc5)c4=NC3)CC2)[C@H](c2ccccc2)C1. The van der Waals surface area contributed by atoms with Crippen molar-refractivity contribution in [3.63, 3.8) is 0 Å². The van der Waals surface area contributed by atoms with E-state index in [9.17, 15) is 9.90 Å². The Balaban J connectivity index is 1.09. The number of aliphatic hydroxyl groups is 1. The Morgan fingerprint density at radius 1 is 1.05 bits per heavy atom. The van der Waals surface area contributed by atoms with Crippen LogP contribution in [0.1, 0.15) is 37.7 Å². The number of likely N-dealkylation sites (N-methyl/N-ethyl adjacent to an activating group) is 1. The highest BCUT2D eigenvalue weighted by atomic mass is 16.5. The lowest BCUT2D eigenvalue weighted by Gasteiger charge is -2.44. The first-order valence-electron chi connectivity index (χ1n) is 14.9. The lowest BCUT2D eigenvalue weighted by atomic mass is 9.79. The zero-order valence-electron chi connectivity index (χ0n) is 24.2. The van der Waals surface area contributed by atoms with Crippen LogP contribution in [0, 0.1) is 5.92 Å². The van der Waals surface area contributed by atoms with Gasteiger partial charge in [0, 0.05) is 61.3 Å². The molecule has 6 rings (SSSR count). The second-order valence-corrected chi connectivity index (χ2v) is 11.7. The van der Waals surface area contributed by atoms with Crippen molar-refractivity contribution in [2.75, 3.05) is 53.0 Å². The molecule has 1 N–H and O–H groups in total. The first-order chi connectivity index (χ1) is 20.0. The highest BCUT2D eigenvalue weighted by molar-refractivity contribution is 5.80. The average Bonchev–Trinajstić information content (AvgIpc) is 3.44. The number of hydrogen-bond acceptors (Lipinski definition) is 6. The standard InChI is InChI=1S/C33H41N5O3/c1-3-35-17-14-29(30(22-35)25-7-5-4-6-8-25)32(39)37-19-15-33(40,16-20-37)23-36-21-26-13-18-38(31(26)34-24-36)27-9-11-28(41-2)12-10-27/h4-13,18,21,29-30,40H,3,14-17,19-20,22-24H2,1-2H3/t29-,30+/m1/s1. The molecule has 8 heteroatoms. The van der Waals surface area contributed by atoms with E-state index in [0.29, 0.717) is 39.1 Å². The molecule has 41 heavy (non-hydrogen) atoms. The third kappa shape index (κ3) is 5.76. The minimum atomic E-state index is -0.844. The van der Waals surface area contributed by atoms with Crippen molar-refractivity contribution in [3.8, 4) is 11.4 Å². The van der Waals surface area contributed by atoms with Crippen molar-refractivity contribution in [1.29, 1.82) is 0 Å². The minimum Gasteiger partial charge on any atom is -0.497 e. The Kier molecular flexibility index (Phi) is 7.86. The Labute approximate surface area is 242 Å². The third-order valence-electron chi connectivity index (χ3n) is 9.16. The number of fused-ring (bicyclic) bond motifs is 1. The van der Waals surface area contributed by atoms with Gasteiger partial charge in [-0.1, -0.05) is 37.3 Å². The van der Waals surface area contributed by atoms with Crippen LogP contribution in [0.3, 0.4) is 0 Å². The van der Waals surface area contributed by atoms with Crippen molar-refractivity contribution in [2.45, 2.75) is 37.7 Å². The van der Waals surface area contributed by atoms with E-state index >= 15 is 0 Å². The molecular weight excluding hydrogens is 514 g/mol. The Morgan fingerprint density at radius 3 is 2.51 bits per heavy atom. The summed E-state index contributed by atoms with van der Waals surface area (Å²) in [5, 5.41) is 12.6. The van der Waals surface area contributed by atoms with Gasteiger partial charge in [0.15, 0.2) is 0 Å². The summed E-state index contributed by atoms with van der Waals surface area (Å²) in [6, 6.07) is 20.5. The zero-order valence-corrected chi connectivity index (χ0v) is 24.2. The summed E-state index contributed by atoms with van der Waals surface area (Å²) in [4.78, 5) is 25.2. The van der Waals surface area contributed by atoms with Gasteiger partial charge in [0.05, 0.1) is 12.7 Å². The van der Waals surface area contributed by atoms with Crippen LogP contribution in [0.2, 0.25) is 0 Å². The molecule has 4 heterocycles. The molecule has 0 saturated carbocycles. The summed E-state index contributed by atoms with van der Waals surface area (Å²) in [7, 11) is 1.67. The maximum atomic E-state index is 13.8. The van der Waals surface area contributed by atoms with Crippen molar-refractivity contribution in [2.24, 2.45) is 10.9 Å². The van der Waals surface area contributed by atoms with E-state index < -0.39 is 5.60 Å². The van der Waals surface area contributed by atoms with Gasteiger partial charge in [-0.25, -0.2) is 4.99 Å². The molecule has 0 unspecified atom stereocenters. The van der Waals surface area contributed by atoms with Crippen molar-refractivity contribution in [1.82, 2.24) is 19.3 Å². The molecule has 216 valence electrons. The molecule has 8 nitrogen and oxygen atoms in total. The number of piperidine rings is 2. The molecule has 3 aliphatic heterocycles. The van der Waals surface area contributed by atoms with Gasteiger partial charge in [0.25, 0.3) is 0 Å². The molecule has 2 atom stereocenters. The second kappa shape index (κ2) is 11.7. The van der Waals surface area contributed by atoms with Crippen LogP contribution in [0.25, 0.3) is 11.9 Å². The molecule has 1 amide bonds. The van der Waals surface area contributed by atoms with Crippen LogP contribution in [-0.2, 0) is 4.79 Å². The van der Waals surface area contributed by atoms with Crippen LogP contribution < -0.4 is 15.4 Å². The Hall–Kier alpha value is -3.62. The highest BCUT2D eigenvalue weighted by Crippen LogP contribution is 2.35. The minimum absolute atomic E-state index is 0.00576. The molecule has 0 bridgehead atoms. The molecule has 2 fully saturated rings. The van der Waals surface area contributed by atoms with Gasteiger partial charge in [-0.15, -0.1) is 0 Å². The molecule has 2 aromatic carbocycles. The van der Waals surface area contributed by atoms with Crippen LogP contribution >= 0.6 is 0 Å². The average molecular weight is 556 g/mol. The Morgan fingerprint density at radius 2 is 1.80 bits per heavy atom. The van der Waals surface area contributed by atoms with Gasteiger partial charge in [-0.2, -0.15) is 0 Å². The van der Waals surface area contributed by atoms with Crippen molar-refractivity contribution >= 4 is 12.1 Å². The molecule has 0 aliphatic carbocycles. The number of methoxy groups -OCH3 is 1. The zero-order chi connectivity index (χ0) is 28.4. The summed E-state index contributed by atoms with van der Waals surface area (Å²) in [5.74, 6) is 1.28. The predicted molar refractivity (Wildman–Crippen MR) is 159 cm³/mol. The van der Waals surface area contributed by atoms with Gasteiger partial charge in [-0.05, 0) is 68.2 Å². The van der Waals surface area contributed by atoms with E-state index in [2.05, 4.69) is 57.8 Å². The van der Waals surface area contributed by atoms with E-state index in [0.717, 1.165) is 48.2 Å². The lowest BCUT2D eigenvalue weighted by Crippen LogP contribution is -2.54. The number of carbonyl (C=O) groups is 1. The first-order valence-corrected chi connectivity index (χ1v) is 14.9. The van der Waals surface area contributed by atoms with Gasteiger partial charge < -0.3 is 29.1 Å². The largest absolute Gasteiger partial charge is 0.497 e. The lowest BCUT2D eigenvalue weighted by molar-refractivity contribution is -0.142. The molecular formula is C33H41N5O3. The fourth-order valence-corrected chi connectivity index (χ4v) is 6.70. The van der Waals surface area contributed by atoms with Gasteiger partial charge >= 0.3 is 0 Å². The first kappa shape index (κ1) is 27.5. The number of nitrogens with zero attached hydrogens (tertiary/aromatic N) is 5. The number of β-amino-alcohol motifs (C(OH)–C–C–N with tert-alkyl or cyclic N) is 1. The molecule has 3 aromatic rings. The van der Waals surface area contributed by atoms with E-state index in [1.807, 2.05) is 41.4 Å². The fourth-order valence-electron chi connectivity index (χ4n) is 6.70. The van der Waals surface area contributed by atoms with Crippen LogP contribution in [-0.4, -0.2) is 88.9 Å². The molecule has 1 aromatic heterocycles. The monoisotopic (exact) mass is 555 g/mol. The van der Waals surface area contributed by atoms with E-state index in [4.69, 9.17) is 9.73 Å². The number of likely N-dealkylation sites (tertiary alicyclic amines) is 2. The molecule has 3 aliphatic rings. The summed E-state index contributed by atoms with van der Waals surface area (Å²) < 4.78 is 7.36. The highest BCUT2D eigenvalue weighted by Gasteiger charge is 2.40. The van der Waals surface area contributed by atoms with Crippen LogP contribution in [0.4, 0.5) is 0 Å². The third-order valence-corrected chi connectivity index (χ3v) is 9.16. The summed E-state index contributed by atoms with van der Waals surface area (Å²) in [6.07, 6.45) is 6.17. The number of hydrogen-bond donors (Lipinski definition) is 1. The predicted octanol–water partition coefficient (Wildman–Crippen LogP) is 2.60. The topological polar surface area (TPSA) is 73.5 Å². The summed E-state index contributed by atoms with van der Waals surface area (Å²) >= 11 is 0. The van der Waals surface area contributed by atoms with E-state index in [1.54, 1.807) is 7.11 Å². The Bertz CT molecular complexity index is 1460. The molecule has 0 radical (unpaired) electrons. The molecule has 0 spiro atoms. The fraction of sp³-hybridized carbons (Fsp3) is 0.455. The molecule has 2 saturated heterocycles. The van der Waals surface area contributed by atoms with Crippen LogP contribution in [0.5, 0.6) is 5.75 Å².